The molecule has 3 N–H and O–H groups in total. The Hall–Kier alpha value is -2.40. The number of nitrogens with two attached hydrogens (primary N) is 1. The van der Waals surface area contributed by atoms with E-state index in [-0.39, 0.29) is 5.69 Å². The smallest absolute Gasteiger partial charge is 0.268 e. The molecule has 0 atom stereocenters. The molecule has 0 radical (unpaired) electrons. The quantitative estimate of drug-likeness (QED) is 0.767. The second kappa shape index (κ2) is 4.70. The Morgan fingerprint density at radius 1 is 1.16 bits per heavy atom. The molecular weight excluding hydrogens is 258 g/mol. The number of carbonyl (C=O) groups excluding carboxylic acids is 1. The normalized spacial score (nSPS) is 10.5. The number of thiazole rings is 1. The predicted octanol–water partition coefficient (Wildman–Crippen LogP) is 3.14. The lowest BCUT2D eigenvalue weighted by Crippen LogP contribution is -2.11. The highest BCUT2D eigenvalue weighted by atomic mass is 32.1. The number of nitrogens with one attached hydrogen (secondary N) is 1. The van der Waals surface area contributed by atoms with Crippen molar-refractivity contribution in [1.82, 2.24) is 4.98 Å². The number of aromatic nitrogens is 1. The number of carbonyl (C=O) groups is 1. The van der Waals surface area contributed by atoms with Crippen molar-refractivity contribution in [1.29, 1.82) is 0 Å². The maximum absolute atomic E-state index is 11.0. The van der Waals surface area contributed by atoms with Gasteiger partial charge in [0, 0.05) is 11.1 Å². The summed E-state index contributed by atoms with van der Waals surface area (Å²) in [5, 5.41) is 7.81. The Kier molecular flexibility index (Phi) is 2.89. The summed E-state index contributed by atoms with van der Waals surface area (Å²) in [5.41, 5.74) is 6.39. The van der Waals surface area contributed by atoms with Gasteiger partial charge in [0.25, 0.3) is 5.91 Å². The SMILES string of the molecule is NC(=O)c1csc(Nc2ccc3ccccc3c2)n1. The first-order chi connectivity index (χ1) is 9.22. The molecule has 0 aliphatic rings. The average molecular weight is 269 g/mol. The van der Waals surface area contributed by atoms with E-state index in [2.05, 4.69) is 22.4 Å². The number of hydrogen-bond donors (Lipinski definition) is 2. The highest BCUT2D eigenvalue weighted by molar-refractivity contribution is 7.14. The van der Waals surface area contributed by atoms with Gasteiger partial charge in [-0.15, -0.1) is 11.3 Å². The molecule has 19 heavy (non-hydrogen) atoms. The molecule has 1 amide bonds. The molecule has 1 aromatic heterocycles. The molecule has 3 rings (SSSR count). The number of fused-ring (bicyclic) bond motifs is 1. The van der Waals surface area contributed by atoms with Crippen LogP contribution in [-0.2, 0) is 0 Å². The standard InChI is InChI=1S/C14H11N3OS/c15-13(18)12-8-19-14(17-12)16-11-6-5-9-3-1-2-4-10(9)7-11/h1-8H,(H2,15,18)(H,16,17). The Labute approximate surface area is 113 Å². The van der Waals surface area contributed by atoms with Crippen LogP contribution in [0.2, 0.25) is 0 Å². The maximum Gasteiger partial charge on any atom is 0.268 e. The van der Waals surface area contributed by atoms with E-state index in [9.17, 15) is 4.79 Å². The lowest BCUT2D eigenvalue weighted by Gasteiger charge is -2.04. The molecule has 0 saturated heterocycles. The molecule has 0 spiro atoms. The molecule has 0 saturated carbocycles. The third kappa shape index (κ3) is 2.41. The van der Waals surface area contributed by atoms with E-state index < -0.39 is 5.91 Å². The van der Waals surface area contributed by atoms with Gasteiger partial charge < -0.3 is 11.1 Å². The van der Waals surface area contributed by atoms with Gasteiger partial charge in [0.2, 0.25) is 0 Å². The predicted molar refractivity (Wildman–Crippen MR) is 77.9 cm³/mol. The Bertz CT molecular complexity index is 751. The fourth-order valence-electron chi connectivity index (χ4n) is 1.83. The minimum absolute atomic E-state index is 0.285. The van der Waals surface area contributed by atoms with Crippen molar-refractivity contribution in [2.24, 2.45) is 5.73 Å². The Balaban J connectivity index is 1.89. The molecule has 4 nitrogen and oxygen atoms in total. The number of anilines is 2. The monoisotopic (exact) mass is 269 g/mol. The first-order valence-corrected chi connectivity index (χ1v) is 6.61. The first kappa shape index (κ1) is 11.7. The van der Waals surface area contributed by atoms with Crippen LogP contribution in [0.1, 0.15) is 10.5 Å². The van der Waals surface area contributed by atoms with Crippen LogP contribution in [0.25, 0.3) is 10.8 Å². The number of hydrogen-bond acceptors (Lipinski definition) is 4. The van der Waals surface area contributed by atoms with Crippen molar-refractivity contribution in [3.8, 4) is 0 Å². The molecule has 0 bridgehead atoms. The first-order valence-electron chi connectivity index (χ1n) is 5.73. The summed E-state index contributed by atoms with van der Waals surface area (Å²) in [6.07, 6.45) is 0. The summed E-state index contributed by atoms with van der Waals surface area (Å²) in [5.74, 6) is -0.511. The fourth-order valence-corrected chi connectivity index (χ4v) is 2.55. The van der Waals surface area contributed by atoms with E-state index in [0.29, 0.717) is 5.13 Å². The lowest BCUT2D eigenvalue weighted by molar-refractivity contribution is 0.0996. The molecule has 5 heteroatoms. The molecule has 0 unspecified atom stereocenters. The van der Waals surface area contributed by atoms with E-state index in [4.69, 9.17) is 5.73 Å². The van der Waals surface area contributed by atoms with E-state index in [1.54, 1.807) is 5.38 Å². The topological polar surface area (TPSA) is 68.0 Å². The molecule has 2 aromatic carbocycles. The van der Waals surface area contributed by atoms with E-state index in [1.807, 2.05) is 30.3 Å². The lowest BCUT2D eigenvalue weighted by atomic mass is 10.1. The van der Waals surface area contributed by atoms with Crippen LogP contribution in [0.5, 0.6) is 0 Å². The van der Waals surface area contributed by atoms with Crippen LogP contribution in [0.3, 0.4) is 0 Å². The van der Waals surface area contributed by atoms with Gasteiger partial charge >= 0.3 is 0 Å². The van der Waals surface area contributed by atoms with Crippen LogP contribution in [0, 0.1) is 0 Å². The molecule has 1 heterocycles. The van der Waals surface area contributed by atoms with Crippen LogP contribution in [0.15, 0.2) is 47.8 Å². The van der Waals surface area contributed by atoms with Crippen LogP contribution in [0.4, 0.5) is 10.8 Å². The fraction of sp³-hybridized carbons (Fsp3) is 0. The summed E-state index contributed by atoms with van der Waals surface area (Å²) in [6.45, 7) is 0. The van der Waals surface area contributed by atoms with Crippen molar-refractivity contribution in [2.75, 3.05) is 5.32 Å². The molecule has 0 aliphatic heterocycles. The second-order valence-corrected chi connectivity index (χ2v) is 4.95. The van der Waals surface area contributed by atoms with Crippen molar-refractivity contribution in [2.45, 2.75) is 0 Å². The largest absolute Gasteiger partial charge is 0.364 e. The summed E-state index contributed by atoms with van der Waals surface area (Å²) in [7, 11) is 0. The van der Waals surface area contributed by atoms with Crippen LogP contribution < -0.4 is 11.1 Å². The van der Waals surface area contributed by atoms with Gasteiger partial charge in [-0.2, -0.15) is 0 Å². The van der Waals surface area contributed by atoms with Gasteiger partial charge in [-0.3, -0.25) is 4.79 Å². The summed E-state index contributed by atoms with van der Waals surface area (Å²) >= 11 is 1.36. The second-order valence-electron chi connectivity index (χ2n) is 4.09. The van der Waals surface area contributed by atoms with E-state index >= 15 is 0 Å². The maximum atomic E-state index is 11.0. The van der Waals surface area contributed by atoms with Crippen molar-refractivity contribution in [3.63, 3.8) is 0 Å². The van der Waals surface area contributed by atoms with Gasteiger partial charge in [0.1, 0.15) is 5.69 Å². The number of rotatable bonds is 3. The van der Waals surface area contributed by atoms with Crippen molar-refractivity contribution < 1.29 is 4.79 Å². The van der Waals surface area contributed by atoms with E-state index in [0.717, 1.165) is 11.1 Å². The van der Waals surface area contributed by atoms with Gasteiger partial charge in [0.15, 0.2) is 5.13 Å². The zero-order valence-corrected chi connectivity index (χ0v) is 10.8. The molecule has 94 valence electrons. The molecular formula is C14H11N3OS. The molecule has 3 aromatic rings. The number of benzene rings is 2. The number of amides is 1. The summed E-state index contributed by atoms with van der Waals surface area (Å²) in [6, 6.07) is 14.2. The highest BCUT2D eigenvalue weighted by Gasteiger charge is 2.06. The minimum Gasteiger partial charge on any atom is -0.364 e. The number of nitrogens with zero attached hydrogens (tertiary/aromatic N) is 1. The van der Waals surface area contributed by atoms with Crippen molar-refractivity contribution >= 4 is 38.8 Å². The molecule has 0 aliphatic carbocycles. The van der Waals surface area contributed by atoms with Gasteiger partial charge in [-0.25, -0.2) is 4.98 Å². The van der Waals surface area contributed by atoms with Crippen LogP contribution in [-0.4, -0.2) is 10.9 Å². The van der Waals surface area contributed by atoms with Gasteiger partial charge in [0.05, 0.1) is 0 Å². The Morgan fingerprint density at radius 2 is 1.95 bits per heavy atom. The van der Waals surface area contributed by atoms with Crippen LogP contribution >= 0.6 is 11.3 Å². The van der Waals surface area contributed by atoms with Gasteiger partial charge in [-0.1, -0.05) is 30.3 Å². The Morgan fingerprint density at radius 3 is 2.68 bits per heavy atom. The summed E-state index contributed by atoms with van der Waals surface area (Å²) in [4.78, 5) is 15.1. The zero-order chi connectivity index (χ0) is 13.2. The number of primary amides is 1. The highest BCUT2D eigenvalue weighted by Crippen LogP contribution is 2.24. The molecule has 0 fully saturated rings. The minimum atomic E-state index is -0.511. The summed E-state index contributed by atoms with van der Waals surface area (Å²) < 4.78 is 0. The zero-order valence-electron chi connectivity index (χ0n) is 9.96. The van der Waals surface area contributed by atoms with Gasteiger partial charge in [-0.05, 0) is 22.9 Å². The third-order valence-electron chi connectivity index (χ3n) is 2.76. The van der Waals surface area contributed by atoms with Crippen molar-refractivity contribution in [3.05, 3.63) is 53.5 Å². The average Bonchev–Trinajstić information content (AvgIpc) is 2.87. The third-order valence-corrected chi connectivity index (χ3v) is 3.52. The van der Waals surface area contributed by atoms with E-state index in [1.165, 1.54) is 16.7 Å².